The van der Waals surface area contributed by atoms with Gasteiger partial charge in [-0.15, -0.1) is 0 Å². The van der Waals surface area contributed by atoms with Gasteiger partial charge in [-0.2, -0.15) is 0 Å². The predicted octanol–water partition coefficient (Wildman–Crippen LogP) is 3.94. The van der Waals surface area contributed by atoms with Gasteiger partial charge in [-0.05, 0) is 47.9 Å². The summed E-state index contributed by atoms with van der Waals surface area (Å²) < 4.78 is 26.5. The third-order valence-electron chi connectivity index (χ3n) is 4.04. The molecule has 0 aliphatic carbocycles. The Morgan fingerprint density at radius 3 is 2.56 bits per heavy atom. The van der Waals surface area contributed by atoms with Crippen LogP contribution < -0.4 is 10.6 Å². The number of rotatable bonds is 7. The molecule has 0 saturated heterocycles. The quantitative estimate of drug-likeness (QED) is 0.665. The first kappa shape index (κ1) is 18.5. The van der Waals surface area contributed by atoms with Crippen molar-refractivity contribution in [2.75, 3.05) is 11.9 Å². The molecule has 1 heterocycles. The minimum absolute atomic E-state index is 0.271. The summed E-state index contributed by atoms with van der Waals surface area (Å²) in [5.74, 6) is -0.884. The Bertz CT molecular complexity index is 913. The van der Waals surface area contributed by atoms with Crippen LogP contribution in [0, 0.1) is 11.6 Å². The Morgan fingerprint density at radius 1 is 1.00 bits per heavy atom. The Labute approximate surface area is 156 Å². The zero-order valence-corrected chi connectivity index (χ0v) is 14.6. The maximum atomic E-state index is 13.6. The minimum atomic E-state index is -0.322. The lowest BCUT2D eigenvalue weighted by molar-refractivity contribution is 0.0949. The molecule has 27 heavy (non-hydrogen) atoms. The molecule has 0 saturated carbocycles. The first-order valence-electron chi connectivity index (χ1n) is 8.58. The Morgan fingerprint density at radius 2 is 1.78 bits per heavy atom. The summed E-state index contributed by atoms with van der Waals surface area (Å²) in [7, 11) is 0. The predicted molar refractivity (Wildman–Crippen MR) is 100 cm³/mol. The van der Waals surface area contributed by atoms with Gasteiger partial charge < -0.3 is 10.6 Å². The van der Waals surface area contributed by atoms with E-state index in [0.29, 0.717) is 25.1 Å². The van der Waals surface area contributed by atoms with Gasteiger partial charge in [0.1, 0.15) is 17.3 Å². The van der Waals surface area contributed by atoms with E-state index in [0.717, 1.165) is 11.3 Å². The average molecular weight is 367 g/mol. The second-order valence-electron chi connectivity index (χ2n) is 6.01. The number of pyridine rings is 1. The van der Waals surface area contributed by atoms with Gasteiger partial charge in [0.25, 0.3) is 5.91 Å². The monoisotopic (exact) mass is 367 g/mol. The first-order chi connectivity index (χ1) is 13.1. The topological polar surface area (TPSA) is 54.0 Å². The van der Waals surface area contributed by atoms with Gasteiger partial charge >= 0.3 is 0 Å². The standard InChI is InChI=1S/C21H19F2N3O/c22-17-7-5-15(6-8-17)14-26-18-10-12-24-20(13-18)21(27)25-11-9-16-3-1-2-4-19(16)23/h1-8,10,12-13H,9,11,14H2,(H,24,26)(H,25,27). The number of amides is 1. The number of nitrogens with one attached hydrogen (secondary N) is 2. The summed E-state index contributed by atoms with van der Waals surface area (Å²) in [5, 5.41) is 5.92. The molecule has 2 aromatic carbocycles. The maximum Gasteiger partial charge on any atom is 0.269 e. The normalized spacial score (nSPS) is 10.4. The molecule has 138 valence electrons. The molecule has 0 aliphatic heterocycles. The highest BCUT2D eigenvalue weighted by Gasteiger charge is 2.08. The second kappa shape index (κ2) is 8.89. The van der Waals surface area contributed by atoms with E-state index >= 15 is 0 Å². The summed E-state index contributed by atoms with van der Waals surface area (Å²) in [6.07, 6.45) is 1.94. The van der Waals surface area contributed by atoms with Crippen LogP contribution in [0.25, 0.3) is 0 Å². The number of anilines is 1. The van der Waals surface area contributed by atoms with Gasteiger partial charge in [0.05, 0.1) is 0 Å². The van der Waals surface area contributed by atoms with Gasteiger partial charge in [-0.1, -0.05) is 30.3 Å². The molecule has 0 bridgehead atoms. The second-order valence-corrected chi connectivity index (χ2v) is 6.01. The zero-order valence-electron chi connectivity index (χ0n) is 14.6. The SMILES string of the molecule is O=C(NCCc1ccccc1F)c1cc(NCc2ccc(F)cc2)ccn1. The van der Waals surface area contributed by atoms with E-state index in [9.17, 15) is 13.6 Å². The third-order valence-corrected chi connectivity index (χ3v) is 4.04. The summed E-state index contributed by atoms with van der Waals surface area (Å²) in [6.45, 7) is 0.813. The lowest BCUT2D eigenvalue weighted by atomic mass is 10.1. The van der Waals surface area contributed by atoms with Gasteiger partial charge in [-0.3, -0.25) is 9.78 Å². The van der Waals surface area contributed by atoms with Gasteiger partial charge in [0.2, 0.25) is 0 Å². The molecule has 0 spiro atoms. The van der Waals surface area contributed by atoms with Crippen molar-refractivity contribution in [1.29, 1.82) is 0 Å². The van der Waals surface area contributed by atoms with Crippen LogP contribution in [0.3, 0.4) is 0 Å². The molecule has 0 aliphatic rings. The van der Waals surface area contributed by atoms with Crippen LogP contribution in [0.15, 0.2) is 66.9 Å². The van der Waals surface area contributed by atoms with E-state index in [1.54, 1.807) is 48.7 Å². The molecular formula is C21H19F2N3O. The number of carbonyl (C=O) groups excluding carboxylic acids is 1. The summed E-state index contributed by atoms with van der Waals surface area (Å²) in [5.41, 5.74) is 2.48. The van der Waals surface area contributed by atoms with E-state index in [4.69, 9.17) is 0 Å². The van der Waals surface area contributed by atoms with Crippen molar-refractivity contribution >= 4 is 11.6 Å². The number of halogens is 2. The highest BCUT2D eigenvalue weighted by molar-refractivity contribution is 5.93. The summed E-state index contributed by atoms with van der Waals surface area (Å²) in [6, 6.07) is 16.1. The molecule has 0 unspecified atom stereocenters. The molecule has 3 aromatic rings. The van der Waals surface area contributed by atoms with Gasteiger partial charge in [0.15, 0.2) is 0 Å². The Balaban J connectivity index is 1.53. The number of benzene rings is 2. The number of hydrogen-bond acceptors (Lipinski definition) is 3. The van der Waals surface area contributed by atoms with E-state index in [1.807, 2.05) is 0 Å². The molecule has 6 heteroatoms. The van der Waals surface area contributed by atoms with Crippen molar-refractivity contribution in [2.45, 2.75) is 13.0 Å². The summed E-state index contributed by atoms with van der Waals surface area (Å²) >= 11 is 0. The lowest BCUT2D eigenvalue weighted by Gasteiger charge is -2.09. The largest absolute Gasteiger partial charge is 0.381 e. The van der Waals surface area contributed by atoms with Crippen molar-refractivity contribution in [3.05, 3.63) is 95.3 Å². The molecule has 4 nitrogen and oxygen atoms in total. The molecule has 0 atom stereocenters. The fourth-order valence-electron chi connectivity index (χ4n) is 2.57. The maximum absolute atomic E-state index is 13.6. The van der Waals surface area contributed by atoms with Crippen molar-refractivity contribution < 1.29 is 13.6 Å². The molecule has 2 N–H and O–H groups in total. The van der Waals surface area contributed by atoms with Crippen LogP contribution in [0.1, 0.15) is 21.6 Å². The van der Waals surface area contributed by atoms with Crippen LogP contribution in [-0.2, 0) is 13.0 Å². The number of carbonyl (C=O) groups is 1. The highest BCUT2D eigenvalue weighted by atomic mass is 19.1. The minimum Gasteiger partial charge on any atom is -0.381 e. The van der Waals surface area contributed by atoms with Crippen LogP contribution in [-0.4, -0.2) is 17.4 Å². The van der Waals surface area contributed by atoms with Crippen LogP contribution >= 0.6 is 0 Å². The molecule has 3 rings (SSSR count). The van der Waals surface area contributed by atoms with Crippen molar-refractivity contribution in [2.24, 2.45) is 0 Å². The van der Waals surface area contributed by atoms with E-state index in [-0.39, 0.29) is 23.2 Å². The fourth-order valence-corrected chi connectivity index (χ4v) is 2.57. The first-order valence-corrected chi connectivity index (χ1v) is 8.58. The van der Waals surface area contributed by atoms with Crippen molar-refractivity contribution in [1.82, 2.24) is 10.3 Å². The van der Waals surface area contributed by atoms with Crippen LogP contribution in [0.2, 0.25) is 0 Å². The zero-order chi connectivity index (χ0) is 19.1. The number of aromatic nitrogens is 1. The highest BCUT2D eigenvalue weighted by Crippen LogP contribution is 2.11. The van der Waals surface area contributed by atoms with E-state index in [1.165, 1.54) is 18.2 Å². The number of hydrogen-bond donors (Lipinski definition) is 2. The average Bonchev–Trinajstić information content (AvgIpc) is 2.69. The van der Waals surface area contributed by atoms with Gasteiger partial charge in [0, 0.05) is 25.0 Å². The van der Waals surface area contributed by atoms with Crippen molar-refractivity contribution in [3.8, 4) is 0 Å². The molecule has 1 aromatic heterocycles. The smallest absolute Gasteiger partial charge is 0.269 e. The fraction of sp³-hybridized carbons (Fsp3) is 0.143. The van der Waals surface area contributed by atoms with Crippen LogP contribution in [0.5, 0.6) is 0 Å². The Kier molecular flexibility index (Phi) is 6.10. The Hall–Kier alpha value is -3.28. The summed E-state index contributed by atoms with van der Waals surface area (Å²) in [4.78, 5) is 16.3. The van der Waals surface area contributed by atoms with E-state index in [2.05, 4.69) is 15.6 Å². The molecule has 0 fully saturated rings. The lowest BCUT2D eigenvalue weighted by Crippen LogP contribution is -2.26. The van der Waals surface area contributed by atoms with Gasteiger partial charge in [-0.25, -0.2) is 8.78 Å². The molecular weight excluding hydrogens is 348 g/mol. The number of nitrogens with zero attached hydrogens (tertiary/aromatic N) is 1. The molecule has 0 radical (unpaired) electrons. The molecule has 1 amide bonds. The van der Waals surface area contributed by atoms with Crippen molar-refractivity contribution in [3.63, 3.8) is 0 Å². The van der Waals surface area contributed by atoms with Crippen LogP contribution in [0.4, 0.5) is 14.5 Å². The third kappa shape index (κ3) is 5.34. The van der Waals surface area contributed by atoms with E-state index < -0.39 is 0 Å².